The summed E-state index contributed by atoms with van der Waals surface area (Å²) < 4.78 is 22.1. The van der Waals surface area contributed by atoms with Gasteiger partial charge in [0.25, 0.3) is 0 Å². The number of fused-ring (bicyclic) bond motifs is 2. The summed E-state index contributed by atoms with van der Waals surface area (Å²) in [5.41, 5.74) is 2.52. The van der Waals surface area contributed by atoms with E-state index in [1.807, 2.05) is 6.07 Å². The summed E-state index contributed by atoms with van der Waals surface area (Å²) in [6.07, 6.45) is 0.936. The van der Waals surface area contributed by atoms with Gasteiger partial charge in [0.1, 0.15) is 35.5 Å². The summed E-state index contributed by atoms with van der Waals surface area (Å²) in [6.45, 7) is 3.24. The normalized spacial score (nSPS) is 26.2. The first kappa shape index (κ1) is 19.7. The van der Waals surface area contributed by atoms with Crippen LogP contribution in [0.3, 0.4) is 0 Å². The van der Waals surface area contributed by atoms with Crippen LogP contribution in [0.5, 0.6) is 5.75 Å². The molecular formula is C21H22ClFN4O3. The van der Waals surface area contributed by atoms with Crippen molar-refractivity contribution in [2.45, 2.75) is 50.7 Å². The number of aliphatic hydroxyl groups excluding tert-OH is 2. The highest BCUT2D eigenvalue weighted by molar-refractivity contribution is 6.30. The van der Waals surface area contributed by atoms with E-state index >= 15 is 0 Å². The standard InChI is InChI=1S/C21H22ClFN4O3/c1-10-25-8-14-15(23)9-27(21(14)26-10)16-6-18(20(29)19(16)28)30-17-5-12(22)4-11-2-3-24-7-13(11)17/h4-5,8-9,16,18-20,24,28-29H,2-3,6-7H2,1H3/t16-,18+,19+,20-/m1/s1. The minimum atomic E-state index is -1.13. The molecule has 30 heavy (non-hydrogen) atoms. The van der Waals surface area contributed by atoms with Crippen LogP contribution in [0.25, 0.3) is 11.0 Å². The molecule has 2 aromatic heterocycles. The molecule has 4 atom stereocenters. The predicted molar refractivity (Wildman–Crippen MR) is 109 cm³/mol. The van der Waals surface area contributed by atoms with Crippen molar-refractivity contribution in [2.75, 3.05) is 6.54 Å². The zero-order valence-corrected chi connectivity index (χ0v) is 17.1. The van der Waals surface area contributed by atoms with Gasteiger partial charge < -0.3 is 24.8 Å². The lowest BCUT2D eigenvalue weighted by molar-refractivity contribution is -0.0166. The second-order valence-corrected chi connectivity index (χ2v) is 8.38. The minimum absolute atomic E-state index is 0.279. The van der Waals surface area contributed by atoms with Gasteiger partial charge in [-0.1, -0.05) is 11.6 Å². The fourth-order valence-electron chi connectivity index (χ4n) is 4.48. The summed E-state index contributed by atoms with van der Waals surface area (Å²) >= 11 is 6.27. The van der Waals surface area contributed by atoms with E-state index in [0.29, 0.717) is 35.2 Å². The van der Waals surface area contributed by atoms with Gasteiger partial charge in [-0.2, -0.15) is 0 Å². The number of rotatable bonds is 3. The maximum Gasteiger partial charge on any atom is 0.151 e. The van der Waals surface area contributed by atoms with E-state index in [1.54, 1.807) is 17.6 Å². The van der Waals surface area contributed by atoms with Crippen molar-refractivity contribution in [2.24, 2.45) is 0 Å². The van der Waals surface area contributed by atoms with E-state index in [1.165, 1.54) is 12.4 Å². The monoisotopic (exact) mass is 432 g/mol. The molecule has 0 amide bonds. The molecular weight excluding hydrogens is 411 g/mol. The zero-order valence-electron chi connectivity index (χ0n) is 16.3. The lowest BCUT2D eigenvalue weighted by Crippen LogP contribution is -2.34. The van der Waals surface area contributed by atoms with Gasteiger partial charge in [-0.15, -0.1) is 0 Å². The van der Waals surface area contributed by atoms with Crippen LogP contribution < -0.4 is 10.1 Å². The zero-order chi connectivity index (χ0) is 21.0. The maximum absolute atomic E-state index is 14.4. The summed E-state index contributed by atoms with van der Waals surface area (Å²) in [7, 11) is 0. The van der Waals surface area contributed by atoms with Crippen LogP contribution >= 0.6 is 11.6 Å². The van der Waals surface area contributed by atoms with Gasteiger partial charge in [0.05, 0.1) is 11.4 Å². The molecule has 2 aliphatic rings. The van der Waals surface area contributed by atoms with Gasteiger partial charge in [0.2, 0.25) is 0 Å². The third kappa shape index (κ3) is 3.24. The number of hydrogen-bond acceptors (Lipinski definition) is 6. The van der Waals surface area contributed by atoms with Crippen molar-refractivity contribution in [3.05, 3.63) is 52.3 Å². The highest BCUT2D eigenvalue weighted by atomic mass is 35.5. The summed E-state index contributed by atoms with van der Waals surface area (Å²) in [4.78, 5) is 8.37. The summed E-state index contributed by atoms with van der Waals surface area (Å²) in [5.74, 6) is 0.634. The fraction of sp³-hybridized carbons (Fsp3) is 0.429. The SMILES string of the molecule is Cc1ncc2c(F)cn([C@@H]3C[C@H](Oc4cc(Cl)cc5c4CNCC5)[C@@H](O)[C@H]3O)c2n1. The number of nitrogens with zero attached hydrogens (tertiary/aromatic N) is 3. The number of halogens is 2. The molecule has 0 spiro atoms. The van der Waals surface area contributed by atoms with Gasteiger partial charge in [0, 0.05) is 35.9 Å². The number of nitrogens with one attached hydrogen (secondary N) is 1. The van der Waals surface area contributed by atoms with Crippen molar-refractivity contribution in [1.82, 2.24) is 19.9 Å². The van der Waals surface area contributed by atoms with Gasteiger partial charge in [0.15, 0.2) is 5.82 Å². The second kappa shape index (κ2) is 7.46. The van der Waals surface area contributed by atoms with E-state index in [9.17, 15) is 14.6 Å². The second-order valence-electron chi connectivity index (χ2n) is 7.95. The molecule has 9 heteroatoms. The Balaban J connectivity index is 1.47. The average Bonchev–Trinajstić information content (AvgIpc) is 3.18. The van der Waals surface area contributed by atoms with Crippen molar-refractivity contribution >= 4 is 22.6 Å². The van der Waals surface area contributed by atoms with Crippen LogP contribution in [0, 0.1) is 12.7 Å². The number of aryl methyl sites for hydroxylation is 1. The number of hydrogen-bond donors (Lipinski definition) is 3. The van der Waals surface area contributed by atoms with E-state index < -0.39 is 30.2 Å². The molecule has 0 radical (unpaired) electrons. The highest BCUT2D eigenvalue weighted by Gasteiger charge is 2.45. The van der Waals surface area contributed by atoms with Gasteiger partial charge in [-0.3, -0.25) is 0 Å². The number of benzene rings is 1. The Labute approximate surface area is 177 Å². The van der Waals surface area contributed by atoms with Crippen molar-refractivity contribution in [1.29, 1.82) is 0 Å². The van der Waals surface area contributed by atoms with E-state index in [0.717, 1.165) is 24.1 Å². The molecule has 1 fully saturated rings. The summed E-state index contributed by atoms with van der Waals surface area (Å²) in [5, 5.41) is 25.6. The minimum Gasteiger partial charge on any atom is -0.487 e. The van der Waals surface area contributed by atoms with Crippen LogP contribution in [-0.2, 0) is 13.0 Å². The molecule has 1 aliphatic heterocycles. The Morgan fingerprint density at radius 3 is 2.97 bits per heavy atom. The fourth-order valence-corrected chi connectivity index (χ4v) is 4.71. The molecule has 158 valence electrons. The molecule has 5 rings (SSSR count). The number of aliphatic hydroxyl groups is 2. The molecule has 0 saturated heterocycles. The van der Waals surface area contributed by atoms with Crippen LogP contribution in [-0.4, -0.2) is 49.6 Å². The molecule has 3 aromatic rings. The van der Waals surface area contributed by atoms with Gasteiger partial charge in [-0.25, -0.2) is 14.4 Å². The van der Waals surface area contributed by atoms with E-state index in [4.69, 9.17) is 16.3 Å². The van der Waals surface area contributed by atoms with E-state index in [-0.39, 0.29) is 5.39 Å². The topological polar surface area (TPSA) is 92.4 Å². The largest absolute Gasteiger partial charge is 0.487 e. The molecule has 1 aliphatic carbocycles. The Hall–Kier alpha value is -2.26. The molecule has 1 saturated carbocycles. The molecule has 1 aromatic carbocycles. The molecule has 0 bridgehead atoms. The first-order valence-electron chi connectivity index (χ1n) is 9.97. The van der Waals surface area contributed by atoms with Crippen molar-refractivity contribution in [3.8, 4) is 5.75 Å². The third-order valence-corrected chi connectivity index (χ3v) is 6.24. The first-order chi connectivity index (χ1) is 14.4. The van der Waals surface area contributed by atoms with Gasteiger partial charge >= 0.3 is 0 Å². The van der Waals surface area contributed by atoms with Crippen molar-refractivity contribution < 1.29 is 19.3 Å². The predicted octanol–water partition coefficient (Wildman–Crippen LogP) is 2.29. The Kier molecular flexibility index (Phi) is 4.89. The number of aromatic nitrogens is 3. The Morgan fingerprint density at radius 1 is 1.30 bits per heavy atom. The van der Waals surface area contributed by atoms with Crippen LogP contribution in [0.2, 0.25) is 5.02 Å². The lowest BCUT2D eigenvalue weighted by Gasteiger charge is -2.24. The Bertz CT molecular complexity index is 1120. The first-order valence-corrected chi connectivity index (χ1v) is 10.3. The maximum atomic E-state index is 14.4. The average molecular weight is 433 g/mol. The highest BCUT2D eigenvalue weighted by Crippen LogP contribution is 2.38. The molecule has 3 heterocycles. The Morgan fingerprint density at radius 2 is 2.13 bits per heavy atom. The summed E-state index contributed by atoms with van der Waals surface area (Å²) in [6, 6.07) is 3.09. The van der Waals surface area contributed by atoms with Gasteiger partial charge in [-0.05, 0) is 37.6 Å². The lowest BCUT2D eigenvalue weighted by atomic mass is 10.00. The smallest absolute Gasteiger partial charge is 0.151 e. The quantitative estimate of drug-likeness (QED) is 0.588. The molecule has 0 unspecified atom stereocenters. The number of ether oxygens (including phenoxy) is 1. The van der Waals surface area contributed by atoms with E-state index in [2.05, 4.69) is 15.3 Å². The molecule has 3 N–H and O–H groups in total. The van der Waals surface area contributed by atoms with Crippen LogP contribution in [0.4, 0.5) is 4.39 Å². The van der Waals surface area contributed by atoms with Crippen LogP contribution in [0.1, 0.15) is 29.4 Å². The van der Waals surface area contributed by atoms with Crippen LogP contribution in [0.15, 0.2) is 24.5 Å². The molecule has 7 nitrogen and oxygen atoms in total. The van der Waals surface area contributed by atoms with Crippen molar-refractivity contribution in [3.63, 3.8) is 0 Å². The third-order valence-electron chi connectivity index (χ3n) is 6.02.